The number of nitrogens with two attached hydrogens (primary N) is 1. The highest BCUT2D eigenvalue weighted by Gasteiger charge is 2.33. The number of halogens is 4. The second-order valence-electron chi connectivity index (χ2n) is 6.53. The van der Waals surface area contributed by atoms with Crippen molar-refractivity contribution in [3.63, 3.8) is 0 Å². The molecule has 3 heterocycles. The number of benzene rings is 1. The third kappa shape index (κ3) is 3.68. The molecule has 0 atom stereocenters. The van der Waals surface area contributed by atoms with Crippen molar-refractivity contribution < 1.29 is 22.3 Å². The van der Waals surface area contributed by atoms with Gasteiger partial charge in [-0.05, 0) is 18.2 Å². The van der Waals surface area contributed by atoms with Crippen LogP contribution in [0.3, 0.4) is 0 Å². The van der Waals surface area contributed by atoms with E-state index in [2.05, 4.69) is 15.5 Å². The van der Waals surface area contributed by atoms with Gasteiger partial charge in [0.1, 0.15) is 35.9 Å². The normalized spacial score (nSPS) is 15.6. The van der Waals surface area contributed by atoms with E-state index in [0.717, 1.165) is 22.9 Å². The summed E-state index contributed by atoms with van der Waals surface area (Å²) in [5.41, 5.74) is 4.82. The topological polar surface area (TPSA) is 83.9 Å². The molecular formula is C18H17F4N7O. The molecule has 2 aliphatic rings. The molecule has 0 saturated heterocycles. The average molecular weight is 423 g/mol. The summed E-state index contributed by atoms with van der Waals surface area (Å²) >= 11 is 0. The molecular weight excluding hydrogens is 406 g/mol. The fourth-order valence-electron chi connectivity index (χ4n) is 3.17. The number of aromatic nitrogens is 2. The maximum Gasteiger partial charge on any atom is 0.257 e. The highest BCUT2D eigenvalue weighted by molar-refractivity contribution is 5.79. The molecule has 0 fully saturated rings. The van der Waals surface area contributed by atoms with E-state index in [1.54, 1.807) is 0 Å². The third-order valence-electron chi connectivity index (χ3n) is 4.46. The molecule has 4 rings (SSSR count). The van der Waals surface area contributed by atoms with Gasteiger partial charge in [-0.2, -0.15) is 0 Å². The van der Waals surface area contributed by atoms with E-state index in [-0.39, 0.29) is 18.0 Å². The van der Waals surface area contributed by atoms with Crippen molar-refractivity contribution in [2.75, 3.05) is 7.11 Å². The van der Waals surface area contributed by atoms with Crippen LogP contribution >= 0.6 is 0 Å². The second-order valence-corrected chi connectivity index (χ2v) is 6.53. The van der Waals surface area contributed by atoms with E-state index in [0.29, 0.717) is 22.7 Å². The number of ether oxygens (including phenoxy) is 1. The van der Waals surface area contributed by atoms with Gasteiger partial charge in [0, 0.05) is 18.0 Å². The number of rotatable bonds is 6. The monoisotopic (exact) mass is 423 g/mol. The zero-order valence-electron chi connectivity index (χ0n) is 15.7. The summed E-state index contributed by atoms with van der Waals surface area (Å²) in [6, 6.07) is 3.15. The molecule has 12 heteroatoms. The minimum Gasteiger partial charge on any atom is -0.479 e. The van der Waals surface area contributed by atoms with Crippen LogP contribution in [0.5, 0.6) is 5.88 Å². The molecule has 2 aliphatic heterocycles. The Balaban J connectivity index is 1.72. The minimum atomic E-state index is -2.60. The summed E-state index contributed by atoms with van der Waals surface area (Å²) in [5.74, 6) is 4.72. The number of alkyl halides is 2. The maximum absolute atomic E-state index is 14.2. The van der Waals surface area contributed by atoms with E-state index in [9.17, 15) is 17.6 Å². The van der Waals surface area contributed by atoms with Crippen LogP contribution in [0.2, 0.25) is 0 Å². The molecule has 158 valence electrons. The van der Waals surface area contributed by atoms with Gasteiger partial charge < -0.3 is 4.74 Å². The lowest BCUT2D eigenvalue weighted by Gasteiger charge is -2.24. The van der Waals surface area contributed by atoms with E-state index < -0.39 is 24.6 Å². The van der Waals surface area contributed by atoms with Gasteiger partial charge in [-0.1, -0.05) is 0 Å². The van der Waals surface area contributed by atoms with Crippen molar-refractivity contribution in [1.82, 2.24) is 25.2 Å². The second kappa shape index (κ2) is 7.71. The number of hydrogen-bond acceptors (Lipinski definition) is 7. The number of aliphatic imine (C=N–C) groups is 1. The third-order valence-corrected chi connectivity index (χ3v) is 4.46. The van der Waals surface area contributed by atoms with Crippen molar-refractivity contribution in [2.24, 2.45) is 10.8 Å². The quantitative estimate of drug-likeness (QED) is 0.548. The molecule has 0 amide bonds. The minimum absolute atomic E-state index is 0.0563. The molecule has 0 aliphatic carbocycles. The van der Waals surface area contributed by atoms with Crippen LogP contribution in [0.1, 0.15) is 11.1 Å². The smallest absolute Gasteiger partial charge is 0.257 e. The largest absolute Gasteiger partial charge is 0.479 e. The van der Waals surface area contributed by atoms with Crippen LogP contribution in [-0.4, -0.2) is 39.7 Å². The Morgan fingerprint density at radius 3 is 2.80 bits per heavy atom. The van der Waals surface area contributed by atoms with Crippen LogP contribution in [0.25, 0.3) is 5.70 Å². The summed E-state index contributed by atoms with van der Waals surface area (Å²) in [5, 5.41) is 6.73. The zero-order chi connectivity index (χ0) is 21.4. The van der Waals surface area contributed by atoms with Gasteiger partial charge in [0.05, 0.1) is 24.9 Å². The molecule has 0 saturated carbocycles. The SMILES string of the molecule is COc1nn(CC(F)F)cc1C1=C2N=CN(N)C=C2N(Cc2cc(F)ccc2F)N1. The number of fused-ring (bicyclic) bond motifs is 1. The number of methoxy groups -OCH3 is 1. The summed E-state index contributed by atoms with van der Waals surface area (Å²) in [4.78, 5) is 4.28. The van der Waals surface area contributed by atoms with Crippen LogP contribution in [0.4, 0.5) is 17.6 Å². The lowest BCUT2D eigenvalue weighted by atomic mass is 10.1. The average Bonchev–Trinajstić information content (AvgIpc) is 3.25. The molecule has 0 unspecified atom stereocenters. The zero-order valence-corrected chi connectivity index (χ0v) is 15.7. The number of hydrogen-bond donors (Lipinski definition) is 2. The molecule has 2 aromatic rings. The first-order valence-corrected chi connectivity index (χ1v) is 8.77. The van der Waals surface area contributed by atoms with Crippen LogP contribution in [0, 0.1) is 11.6 Å². The van der Waals surface area contributed by atoms with Crippen molar-refractivity contribution in [1.29, 1.82) is 0 Å². The van der Waals surface area contributed by atoms with Crippen LogP contribution in [0.15, 0.2) is 47.0 Å². The first kappa shape index (κ1) is 19.8. The van der Waals surface area contributed by atoms with Crippen LogP contribution < -0.4 is 16.0 Å². The van der Waals surface area contributed by atoms with Crippen molar-refractivity contribution in [3.05, 3.63) is 64.8 Å². The molecule has 0 spiro atoms. The lowest BCUT2D eigenvalue weighted by molar-refractivity contribution is 0.121. The highest BCUT2D eigenvalue weighted by atomic mass is 19.3. The van der Waals surface area contributed by atoms with E-state index in [1.165, 1.54) is 35.9 Å². The van der Waals surface area contributed by atoms with Gasteiger partial charge in [-0.25, -0.2) is 28.4 Å². The highest BCUT2D eigenvalue weighted by Crippen LogP contribution is 2.37. The lowest BCUT2D eigenvalue weighted by Crippen LogP contribution is -2.34. The Labute approximate surface area is 168 Å². The molecule has 3 N–H and O–H groups in total. The Morgan fingerprint density at radius 1 is 1.27 bits per heavy atom. The summed E-state index contributed by atoms with van der Waals surface area (Å²) < 4.78 is 59.6. The fraction of sp³-hybridized carbons (Fsp3) is 0.222. The Morgan fingerprint density at radius 2 is 2.07 bits per heavy atom. The van der Waals surface area contributed by atoms with Gasteiger partial charge in [-0.3, -0.25) is 20.1 Å². The predicted molar refractivity (Wildman–Crippen MR) is 99.3 cm³/mol. The Hall–Kier alpha value is -3.54. The van der Waals surface area contributed by atoms with E-state index in [1.807, 2.05) is 0 Å². The summed E-state index contributed by atoms with van der Waals surface area (Å²) in [6.45, 7) is -0.668. The van der Waals surface area contributed by atoms with Crippen molar-refractivity contribution in [3.8, 4) is 5.88 Å². The van der Waals surface area contributed by atoms with Gasteiger partial charge in [0.25, 0.3) is 6.43 Å². The summed E-state index contributed by atoms with van der Waals surface area (Å²) in [7, 11) is 1.36. The first-order valence-electron chi connectivity index (χ1n) is 8.77. The van der Waals surface area contributed by atoms with Gasteiger partial charge in [0.2, 0.25) is 5.88 Å². The van der Waals surface area contributed by atoms with Gasteiger partial charge >= 0.3 is 0 Å². The fourth-order valence-corrected chi connectivity index (χ4v) is 3.17. The Bertz CT molecular complexity index is 1060. The first-order chi connectivity index (χ1) is 14.4. The predicted octanol–water partition coefficient (Wildman–Crippen LogP) is 2.18. The molecule has 1 aromatic heterocycles. The number of nitrogens with zero attached hydrogens (tertiary/aromatic N) is 5. The standard InChI is InChI=1S/C18H17F4N7O/c1-30-18-12(6-28(26-18)8-15(21)22)16-17-14(7-27(23)9-24-17)29(25-16)5-10-4-11(19)2-3-13(10)20/h2-4,6-7,9,15,25H,5,8,23H2,1H3. The van der Waals surface area contributed by atoms with Crippen molar-refractivity contribution >= 4 is 12.0 Å². The molecule has 0 bridgehead atoms. The van der Waals surface area contributed by atoms with E-state index >= 15 is 0 Å². The summed E-state index contributed by atoms with van der Waals surface area (Å²) in [6.07, 6.45) is 1.69. The molecule has 8 nitrogen and oxygen atoms in total. The van der Waals surface area contributed by atoms with Crippen LogP contribution in [-0.2, 0) is 13.1 Å². The van der Waals surface area contributed by atoms with Crippen molar-refractivity contribution in [2.45, 2.75) is 19.5 Å². The molecule has 30 heavy (non-hydrogen) atoms. The van der Waals surface area contributed by atoms with Gasteiger partial charge in [-0.15, -0.1) is 5.10 Å². The molecule has 1 aromatic carbocycles. The number of hydrazine groups is 2. The number of nitrogens with one attached hydrogen (secondary N) is 1. The maximum atomic E-state index is 14.2. The Kier molecular flexibility index (Phi) is 5.08. The molecule has 0 radical (unpaired) electrons. The van der Waals surface area contributed by atoms with E-state index in [4.69, 9.17) is 10.6 Å². The van der Waals surface area contributed by atoms with Gasteiger partial charge in [0.15, 0.2) is 0 Å².